The van der Waals surface area contributed by atoms with Crippen molar-refractivity contribution in [3.8, 4) is 0 Å². The van der Waals surface area contributed by atoms with E-state index in [0.29, 0.717) is 13.0 Å². The van der Waals surface area contributed by atoms with Gasteiger partial charge in [-0.3, -0.25) is 0 Å². The third-order valence-corrected chi connectivity index (χ3v) is 2.29. The second kappa shape index (κ2) is 7.35. The van der Waals surface area contributed by atoms with Gasteiger partial charge in [-0.05, 0) is 25.6 Å². The first-order valence-corrected chi connectivity index (χ1v) is 5.28. The molecule has 0 saturated heterocycles. The van der Waals surface area contributed by atoms with Crippen LogP contribution in [-0.4, -0.2) is 32.7 Å². The fourth-order valence-corrected chi connectivity index (χ4v) is 1.42. The first-order valence-electron chi connectivity index (χ1n) is 5.28. The number of rotatable bonds is 8. The van der Waals surface area contributed by atoms with Gasteiger partial charge in [-0.2, -0.15) is 0 Å². The molecule has 0 radical (unpaired) electrons. The summed E-state index contributed by atoms with van der Waals surface area (Å²) in [5.74, 6) is 0.883. The number of alkyl halides is 2. The molecule has 0 spiro atoms. The van der Waals surface area contributed by atoms with Gasteiger partial charge in [0.05, 0.1) is 6.26 Å². The van der Waals surface area contributed by atoms with Gasteiger partial charge in [0.15, 0.2) is 0 Å². The van der Waals surface area contributed by atoms with Crippen molar-refractivity contribution < 1.29 is 17.9 Å². The molecule has 0 aromatic carbocycles. The van der Waals surface area contributed by atoms with E-state index < -0.39 is 13.0 Å². The van der Waals surface area contributed by atoms with Crippen LogP contribution in [0.5, 0.6) is 0 Å². The number of ether oxygens (including phenoxy) is 1. The lowest BCUT2D eigenvalue weighted by molar-refractivity contribution is 0.0145. The van der Waals surface area contributed by atoms with Gasteiger partial charge in [-0.25, -0.2) is 8.78 Å². The van der Waals surface area contributed by atoms with Crippen LogP contribution in [0.15, 0.2) is 22.8 Å². The number of hydrogen-bond donors (Lipinski definition) is 1. The van der Waals surface area contributed by atoms with E-state index in [1.54, 1.807) is 6.26 Å². The summed E-state index contributed by atoms with van der Waals surface area (Å²) in [7, 11) is 1.83. The summed E-state index contributed by atoms with van der Waals surface area (Å²) in [5, 5.41) is 3.10. The second-order valence-electron chi connectivity index (χ2n) is 3.52. The van der Waals surface area contributed by atoms with Crippen LogP contribution in [-0.2, 0) is 11.2 Å². The van der Waals surface area contributed by atoms with Crippen LogP contribution in [0, 0.1) is 0 Å². The fourth-order valence-electron chi connectivity index (χ4n) is 1.42. The smallest absolute Gasteiger partial charge is 0.261 e. The molecule has 0 bridgehead atoms. The molecule has 1 aromatic rings. The monoisotopic (exact) mass is 233 g/mol. The maximum absolute atomic E-state index is 11.8. The maximum atomic E-state index is 11.8. The van der Waals surface area contributed by atoms with Crippen LogP contribution < -0.4 is 5.32 Å². The predicted octanol–water partition coefficient (Wildman–Crippen LogP) is 2.08. The Kier molecular flexibility index (Phi) is 6.03. The Hall–Kier alpha value is -0.940. The number of hydrogen-bond acceptors (Lipinski definition) is 3. The molecule has 0 saturated carbocycles. The van der Waals surface area contributed by atoms with Crippen molar-refractivity contribution in [2.75, 3.05) is 20.3 Å². The summed E-state index contributed by atoms with van der Waals surface area (Å²) in [4.78, 5) is 0. The Morgan fingerprint density at radius 3 is 2.88 bits per heavy atom. The summed E-state index contributed by atoms with van der Waals surface area (Å²) in [6.07, 6.45) is 0.652. The minimum atomic E-state index is -2.39. The van der Waals surface area contributed by atoms with Gasteiger partial charge in [0, 0.05) is 19.1 Å². The normalized spacial score (nSPS) is 13.2. The molecule has 0 aliphatic heterocycles. The molecular formula is C11H17F2NO2. The molecule has 5 heteroatoms. The summed E-state index contributed by atoms with van der Waals surface area (Å²) in [6, 6.07) is 3.91. The topological polar surface area (TPSA) is 34.4 Å². The lowest BCUT2D eigenvalue weighted by atomic mass is 10.1. The zero-order valence-corrected chi connectivity index (χ0v) is 9.29. The largest absolute Gasteiger partial charge is 0.469 e. The third-order valence-electron chi connectivity index (χ3n) is 2.29. The zero-order chi connectivity index (χ0) is 11.8. The quantitative estimate of drug-likeness (QED) is 0.698. The van der Waals surface area contributed by atoms with Crippen LogP contribution in [0.1, 0.15) is 12.2 Å². The predicted molar refractivity (Wildman–Crippen MR) is 56.7 cm³/mol. The SMILES string of the molecule is CNC(CCOCC(F)F)Cc1ccco1. The van der Waals surface area contributed by atoms with Gasteiger partial charge in [-0.15, -0.1) is 0 Å². The molecule has 1 heterocycles. The van der Waals surface area contributed by atoms with Crippen LogP contribution in [0.2, 0.25) is 0 Å². The highest BCUT2D eigenvalue weighted by atomic mass is 19.3. The van der Waals surface area contributed by atoms with E-state index in [2.05, 4.69) is 5.32 Å². The minimum Gasteiger partial charge on any atom is -0.469 e. The molecule has 0 aliphatic carbocycles. The molecule has 0 aliphatic rings. The molecule has 1 rings (SSSR count). The standard InChI is InChI=1S/C11H17F2NO2/c1-14-9(4-6-15-8-11(12)13)7-10-3-2-5-16-10/h2-3,5,9,11,14H,4,6-8H2,1H3. The molecule has 1 aromatic heterocycles. The van der Waals surface area contributed by atoms with Gasteiger partial charge < -0.3 is 14.5 Å². The van der Waals surface area contributed by atoms with E-state index in [4.69, 9.17) is 9.15 Å². The van der Waals surface area contributed by atoms with Crippen molar-refractivity contribution >= 4 is 0 Å². The summed E-state index contributed by atoms with van der Waals surface area (Å²) in [5.41, 5.74) is 0. The Labute approximate surface area is 93.8 Å². The highest BCUT2D eigenvalue weighted by Crippen LogP contribution is 2.06. The Bertz CT molecular complexity index is 265. The van der Waals surface area contributed by atoms with Crippen LogP contribution in [0.25, 0.3) is 0 Å². The fraction of sp³-hybridized carbons (Fsp3) is 0.636. The molecule has 3 nitrogen and oxygen atoms in total. The Morgan fingerprint density at radius 1 is 1.50 bits per heavy atom. The minimum absolute atomic E-state index is 0.184. The van der Waals surface area contributed by atoms with E-state index >= 15 is 0 Å². The molecule has 1 unspecified atom stereocenters. The van der Waals surface area contributed by atoms with Gasteiger partial charge in [-0.1, -0.05) is 0 Å². The van der Waals surface area contributed by atoms with Gasteiger partial charge in [0.2, 0.25) is 0 Å². The molecule has 92 valence electrons. The average molecular weight is 233 g/mol. The van der Waals surface area contributed by atoms with Crippen molar-refractivity contribution in [3.05, 3.63) is 24.2 Å². The maximum Gasteiger partial charge on any atom is 0.261 e. The average Bonchev–Trinajstić information content (AvgIpc) is 2.75. The zero-order valence-electron chi connectivity index (χ0n) is 9.29. The number of halogens is 2. The third kappa shape index (κ3) is 5.23. The van der Waals surface area contributed by atoms with Crippen LogP contribution in [0.4, 0.5) is 8.78 Å². The second-order valence-corrected chi connectivity index (χ2v) is 3.52. The van der Waals surface area contributed by atoms with Gasteiger partial charge in [0.1, 0.15) is 12.4 Å². The lowest BCUT2D eigenvalue weighted by Crippen LogP contribution is -2.29. The van der Waals surface area contributed by atoms with Crippen LogP contribution >= 0.6 is 0 Å². The Balaban J connectivity index is 2.17. The molecule has 1 atom stereocenters. The molecule has 1 N–H and O–H groups in total. The van der Waals surface area contributed by atoms with E-state index in [1.807, 2.05) is 19.2 Å². The van der Waals surface area contributed by atoms with Crippen molar-refractivity contribution in [1.29, 1.82) is 0 Å². The highest BCUT2D eigenvalue weighted by molar-refractivity contribution is 5.00. The summed E-state index contributed by atoms with van der Waals surface area (Å²) < 4.78 is 33.6. The van der Waals surface area contributed by atoms with Crippen molar-refractivity contribution in [1.82, 2.24) is 5.32 Å². The molecule has 16 heavy (non-hydrogen) atoms. The van der Waals surface area contributed by atoms with E-state index in [9.17, 15) is 8.78 Å². The lowest BCUT2D eigenvalue weighted by Gasteiger charge is -2.14. The van der Waals surface area contributed by atoms with Crippen molar-refractivity contribution in [3.63, 3.8) is 0 Å². The van der Waals surface area contributed by atoms with Gasteiger partial charge in [0.25, 0.3) is 6.43 Å². The molecular weight excluding hydrogens is 216 g/mol. The van der Waals surface area contributed by atoms with E-state index in [0.717, 1.165) is 12.2 Å². The molecule has 0 amide bonds. The number of nitrogens with one attached hydrogen (secondary N) is 1. The van der Waals surface area contributed by atoms with Crippen molar-refractivity contribution in [2.24, 2.45) is 0 Å². The van der Waals surface area contributed by atoms with Gasteiger partial charge >= 0.3 is 0 Å². The first kappa shape index (κ1) is 13.1. The van der Waals surface area contributed by atoms with Crippen molar-refractivity contribution in [2.45, 2.75) is 25.3 Å². The van der Waals surface area contributed by atoms with E-state index in [1.165, 1.54) is 0 Å². The highest BCUT2D eigenvalue weighted by Gasteiger charge is 2.09. The molecule has 0 fully saturated rings. The van der Waals surface area contributed by atoms with E-state index in [-0.39, 0.29) is 6.04 Å². The first-order chi connectivity index (χ1) is 7.72. The summed E-state index contributed by atoms with van der Waals surface area (Å²) >= 11 is 0. The number of furan rings is 1. The Morgan fingerprint density at radius 2 is 2.31 bits per heavy atom. The van der Waals surface area contributed by atoms with Crippen LogP contribution in [0.3, 0.4) is 0 Å². The number of likely N-dealkylation sites (N-methyl/N-ethyl adjacent to an activating group) is 1. The summed E-state index contributed by atoms with van der Waals surface area (Å²) in [6.45, 7) is -0.159.